The Morgan fingerprint density at radius 3 is 3.10 bits per heavy atom. The molecule has 0 fully saturated rings. The molecule has 1 rings (SSSR count). The highest BCUT2D eigenvalue weighted by Crippen LogP contribution is 1.98. The van der Waals surface area contributed by atoms with E-state index in [1.165, 1.54) is 0 Å². The molecule has 1 aromatic heterocycles. The lowest BCUT2D eigenvalue weighted by Crippen LogP contribution is -1.86. The third-order valence-corrected chi connectivity index (χ3v) is 1.08. The van der Waals surface area contributed by atoms with Crippen LogP contribution in [0, 0.1) is 0 Å². The number of aromatic amines is 1. The van der Waals surface area contributed by atoms with Crippen molar-refractivity contribution in [1.29, 1.82) is 0 Å². The van der Waals surface area contributed by atoms with E-state index in [1.807, 2.05) is 0 Å². The average Bonchev–Trinajstić information content (AvgIpc) is 2.31. The number of nitrogens with one attached hydrogen (secondary N) is 1. The number of aliphatic hydroxyl groups is 1. The Bertz CT molecular complexity index is 229. The van der Waals surface area contributed by atoms with E-state index in [-0.39, 0.29) is 0 Å². The van der Waals surface area contributed by atoms with E-state index in [1.54, 1.807) is 12.3 Å². The lowest BCUT2D eigenvalue weighted by molar-refractivity contribution is 0.471. The molecule has 0 unspecified atom stereocenters. The molecule has 10 heavy (non-hydrogen) atoms. The van der Waals surface area contributed by atoms with Crippen molar-refractivity contribution in [3.05, 3.63) is 24.2 Å². The number of anilines is 1. The van der Waals surface area contributed by atoms with Crippen molar-refractivity contribution in [2.75, 3.05) is 5.73 Å². The molecule has 54 valence electrons. The molecule has 1 aromatic rings. The molecule has 4 nitrogen and oxygen atoms in total. The lowest BCUT2D eigenvalue weighted by atomic mass is 10.3. The Hall–Kier alpha value is -1.45. The van der Waals surface area contributed by atoms with Gasteiger partial charge in [-0.2, -0.15) is 0 Å². The van der Waals surface area contributed by atoms with Gasteiger partial charge in [-0.15, -0.1) is 0 Å². The maximum atomic E-state index is 8.28. The summed E-state index contributed by atoms with van der Waals surface area (Å²) in [5.41, 5.74) is 6.12. The van der Waals surface area contributed by atoms with E-state index in [0.717, 1.165) is 12.0 Å². The Kier molecular flexibility index (Phi) is 1.94. The molecular formula is C6H9N3O. The number of imidazole rings is 1. The molecule has 0 bridgehead atoms. The first kappa shape index (κ1) is 6.67. The van der Waals surface area contributed by atoms with Crippen LogP contribution in [0.2, 0.25) is 0 Å². The van der Waals surface area contributed by atoms with Gasteiger partial charge in [0.2, 0.25) is 0 Å². The van der Waals surface area contributed by atoms with E-state index in [9.17, 15) is 0 Å². The quantitative estimate of drug-likeness (QED) is 0.525. The fourth-order valence-electron chi connectivity index (χ4n) is 0.655. The number of nitrogens with zero attached hydrogens (tertiary/aromatic N) is 1. The van der Waals surface area contributed by atoms with Gasteiger partial charge in [-0.3, -0.25) is 0 Å². The topological polar surface area (TPSA) is 74.9 Å². The third-order valence-electron chi connectivity index (χ3n) is 1.08. The SMILES string of the molecule is Nc1nc(CC=CO)c[nH]1. The number of hydrogen-bond donors (Lipinski definition) is 3. The largest absolute Gasteiger partial charge is 0.516 e. The summed E-state index contributed by atoms with van der Waals surface area (Å²) in [6.45, 7) is 0. The number of nitrogens with two attached hydrogens (primary N) is 1. The molecule has 0 atom stereocenters. The molecular weight excluding hydrogens is 130 g/mol. The Morgan fingerprint density at radius 1 is 1.80 bits per heavy atom. The molecule has 0 saturated carbocycles. The first-order chi connectivity index (χ1) is 4.83. The van der Waals surface area contributed by atoms with Crippen LogP contribution < -0.4 is 5.73 Å². The van der Waals surface area contributed by atoms with Gasteiger partial charge in [-0.05, 0) is 6.08 Å². The van der Waals surface area contributed by atoms with Crippen molar-refractivity contribution in [2.24, 2.45) is 0 Å². The Balaban J connectivity index is 2.58. The summed E-state index contributed by atoms with van der Waals surface area (Å²) in [5, 5.41) is 8.28. The molecule has 0 aromatic carbocycles. The highest BCUT2D eigenvalue weighted by atomic mass is 16.2. The van der Waals surface area contributed by atoms with E-state index in [0.29, 0.717) is 12.4 Å². The number of aliphatic hydroxyl groups excluding tert-OH is 1. The van der Waals surface area contributed by atoms with Crippen molar-refractivity contribution < 1.29 is 5.11 Å². The van der Waals surface area contributed by atoms with E-state index in [4.69, 9.17) is 10.8 Å². The van der Waals surface area contributed by atoms with Gasteiger partial charge in [0.05, 0.1) is 12.0 Å². The van der Waals surface area contributed by atoms with Gasteiger partial charge in [0.25, 0.3) is 0 Å². The summed E-state index contributed by atoms with van der Waals surface area (Å²) in [4.78, 5) is 6.64. The second-order valence-corrected chi connectivity index (χ2v) is 1.87. The number of aromatic nitrogens is 2. The maximum absolute atomic E-state index is 8.28. The van der Waals surface area contributed by atoms with Gasteiger partial charge >= 0.3 is 0 Å². The minimum Gasteiger partial charge on any atom is -0.516 e. The molecule has 0 aliphatic heterocycles. The van der Waals surface area contributed by atoms with Crippen molar-refractivity contribution >= 4 is 5.95 Å². The van der Waals surface area contributed by atoms with Gasteiger partial charge in [0.15, 0.2) is 5.95 Å². The van der Waals surface area contributed by atoms with E-state index < -0.39 is 0 Å². The zero-order valence-corrected chi connectivity index (χ0v) is 5.41. The fourth-order valence-corrected chi connectivity index (χ4v) is 0.655. The van der Waals surface area contributed by atoms with Crippen LogP contribution in [0.5, 0.6) is 0 Å². The normalized spacial score (nSPS) is 10.8. The van der Waals surface area contributed by atoms with Gasteiger partial charge in [0.1, 0.15) is 0 Å². The smallest absolute Gasteiger partial charge is 0.197 e. The molecule has 1 heterocycles. The molecule has 0 radical (unpaired) electrons. The predicted molar refractivity (Wildman–Crippen MR) is 38.5 cm³/mol. The summed E-state index contributed by atoms with van der Waals surface area (Å²) in [6, 6.07) is 0. The van der Waals surface area contributed by atoms with Crippen LogP contribution in [0.25, 0.3) is 0 Å². The summed E-state index contributed by atoms with van der Waals surface area (Å²) in [6.07, 6.45) is 4.89. The van der Waals surface area contributed by atoms with Gasteiger partial charge in [0, 0.05) is 12.6 Å². The van der Waals surface area contributed by atoms with Gasteiger partial charge in [-0.1, -0.05) is 0 Å². The average molecular weight is 139 g/mol. The van der Waals surface area contributed by atoms with Gasteiger partial charge < -0.3 is 15.8 Å². The summed E-state index contributed by atoms with van der Waals surface area (Å²) < 4.78 is 0. The minimum absolute atomic E-state index is 0.404. The second-order valence-electron chi connectivity index (χ2n) is 1.87. The standard InChI is InChI=1S/C6H9N3O/c7-6-8-4-5(9-6)2-1-3-10/h1,3-4,10H,2H2,(H3,7,8,9). The number of hydrogen-bond acceptors (Lipinski definition) is 3. The first-order valence-corrected chi connectivity index (χ1v) is 2.92. The number of rotatable bonds is 2. The molecule has 0 saturated heterocycles. The fraction of sp³-hybridized carbons (Fsp3) is 0.167. The van der Waals surface area contributed by atoms with Crippen LogP contribution in [0.4, 0.5) is 5.95 Å². The first-order valence-electron chi connectivity index (χ1n) is 2.92. The molecule has 0 amide bonds. The molecule has 4 heteroatoms. The van der Waals surface area contributed by atoms with Crippen molar-refractivity contribution in [1.82, 2.24) is 9.97 Å². The van der Waals surface area contributed by atoms with Gasteiger partial charge in [-0.25, -0.2) is 4.98 Å². The Morgan fingerprint density at radius 2 is 2.60 bits per heavy atom. The second kappa shape index (κ2) is 2.91. The van der Waals surface area contributed by atoms with Crippen LogP contribution in [0.1, 0.15) is 5.69 Å². The van der Waals surface area contributed by atoms with Crippen molar-refractivity contribution in [2.45, 2.75) is 6.42 Å². The summed E-state index contributed by atoms with van der Waals surface area (Å²) >= 11 is 0. The van der Waals surface area contributed by atoms with Crippen LogP contribution in [0.15, 0.2) is 18.5 Å². The number of allylic oxidation sites excluding steroid dienone is 1. The maximum Gasteiger partial charge on any atom is 0.197 e. The van der Waals surface area contributed by atoms with Crippen molar-refractivity contribution in [3.63, 3.8) is 0 Å². The number of H-pyrrole nitrogens is 1. The molecule has 4 N–H and O–H groups in total. The summed E-state index contributed by atoms with van der Waals surface area (Å²) in [5.74, 6) is 0.404. The zero-order chi connectivity index (χ0) is 7.40. The number of nitrogen functional groups attached to an aromatic ring is 1. The lowest BCUT2D eigenvalue weighted by Gasteiger charge is -1.82. The highest BCUT2D eigenvalue weighted by Gasteiger charge is 1.92. The van der Waals surface area contributed by atoms with Crippen LogP contribution in [0.3, 0.4) is 0 Å². The molecule has 0 aliphatic carbocycles. The summed E-state index contributed by atoms with van der Waals surface area (Å²) in [7, 11) is 0. The van der Waals surface area contributed by atoms with E-state index >= 15 is 0 Å². The van der Waals surface area contributed by atoms with Crippen LogP contribution in [-0.4, -0.2) is 15.1 Å². The third kappa shape index (κ3) is 1.51. The van der Waals surface area contributed by atoms with Crippen LogP contribution in [-0.2, 0) is 6.42 Å². The highest BCUT2D eigenvalue weighted by molar-refractivity contribution is 5.19. The predicted octanol–water partition coefficient (Wildman–Crippen LogP) is 0.606. The minimum atomic E-state index is 0.404. The molecule has 0 aliphatic rings. The molecule has 0 spiro atoms. The monoisotopic (exact) mass is 139 g/mol. The van der Waals surface area contributed by atoms with E-state index in [2.05, 4.69) is 9.97 Å². The van der Waals surface area contributed by atoms with Crippen molar-refractivity contribution in [3.8, 4) is 0 Å². The Labute approximate surface area is 58.4 Å². The zero-order valence-electron chi connectivity index (χ0n) is 5.41. The van der Waals surface area contributed by atoms with Crippen LogP contribution >= 0.6 is 0 Å².